The monoisotopic (exact) mass is 325 g/mol. The van der Waals surface area contributed by atoms with Gasteiger partial charge >= 0.3 is 0 Å². The van der Waals surface area contributed by atoms with Crippen molar-refractivity contribution in [3.8, 4) is 0 Å². The fraction of sp³-hybridized carbons (Fsp3) is 0.588. The summed E-state index contributed by atoms with van der Waals surface area (Å²) < 4.78 is 11.1. The zero-order valence-electron chi connectivity index (χ0n) is 13.2. The highest BCUT2D eigenvalue weighted by Crippen LogP contribution is 2.27. The average Bonchev–Trinajstić information content (AvgIpc) is 3.01. The van der Waals surface area contributed by atoms with Crippen molar-refractivity contribution in [1.82, 2.24) is 5.32 Å². The largest absolute Gasteiger partial charge is 0.375 e. The van der Waals surface area contributed by atoms with Gasteiger partial charge in [0.15, 0.2) is 0 Å². The van der Waals surface area contributed by atoms with E-state index in [0.717, 1.165) is 18.4 Å². The van der Waals surface area contributed by atoms with E-state index in [4.69, 9.17) is 21.1 Å². The predicted octanol–water partition coefficient (Wildman–Crippen LogP) is 3.49. The number of carbonyl (C=O) groups is 1. The maximum absolute atomic E-state index is 12.0. The second-order valence-corrected chi connectivity index (χ2v) is 6.16. The summed E-state index contributed by atoms with van der Waals surface area (Å²) in [7, 11) is 1.62. The van der Waals surface area contributed by atoms with Crippen molar-refractivity contribution < 1.29 is 14.3 Å². The van der Waals surface area contributed by atoms with Crippen LogP contribution >= 0.6 is 11.6 Å². The van der Waals surface area contributed by atoms with Gasteiger partial charge in [0.1, 0.15) is 12.7 Å². The van der Waals surface area contributed by atoms with Crippen LogP contribution in [-0.4, -0.2) is 31.8 Å². The van der Waals surface area contributed by atoms with Gasteiger partial charge in [-0.1, -0.05) is 42.6 Å². The van der Waals surface area contributed by atoms with Crippen molar-refractivity contribution in [1.29, 1.82) is 0 Å². The smallest absolute Gasteiger partial charge is 0.246 e. The van der Waals surface area contributed by atoms with E-state index in [1.54, 1.807) is 7.11 Å². The summed E-state index contributed by atoms with van der Waals surface area (Å²) in [6.45, 7) is 2.01. The van der Waals surface area contributed by atoms with E-state index in [1.165, 1.54) is 12.8 Å². The minimum absolute atomic E-state index is 0.105. The third-order valence-electron chi connectivity index (χ3n) is 4.06. The number of hydrogen-bond acceptors (Lipinski definition) is 3. The zero-order valence-corrected chi connectivity index (χ0v) is 13.9. The molecule has 0 aromatic heterocycles. The molecule has 122 valence electrons. The van der Waals surface area contributed by atoms with E-state index >= 15 is 0 Å². The van der Waals surface area contributed by atoms with E-state index in [0.29, 0.717) is 5.02 Å². The highest BCUT2D eigenvalue weighted by atomic mass is 35.5. The Hall–Kier alpha value is -1.10. The highest BCUT2D eigenvalue weighted by molar-refractivity contribution is 6.31. The molecule has 0 heterocycles. The Morgan fingerprint density at radius 3 is 2.68 bits per heavy atom. The topological polar surface area (TPSA) is 47.6 Å². The van der Waals surface area contributed by atoms with Crippen LogP contribution in [0.3, 0.4) is 0 Å². The molecule has 0 radical (unpaired) electrons. The van der Waals surface area contributed by atoms with Crippen molar-refractivity contribution >= 4 is 17.5 Å². The van der Waals surface area contributed by atoms with Crippen molar-refractivity contribution in [2.75, 3.05) is 13.7 Å². The number of carbonyl (C=O) groups excluding carboxylic acids is 1. The quantitative estimate of drug-likeness (QED) is 0.834. The molecule has 1 aliphatic carbocycles. The lowest BCUT2D eigenvalue weighted by molar-refractivity contribution is -0.129. The second-order valence-electron chi connectivity index (χ2n) is 5.75. The summed E-state index contributed by atoms with van der Waals surface area (Å²) in [6, 6.07) is 7.32. The summed E-state index contributed by atoms with van der Waals surface area (Å²) in [6.07, 6.45) is 4.46. The third-order valence-corrected chi connectivity index (χ3v) is 4.40. The minimum Gasteiger partial charge on any atom is -0.375 e. The molecule has 2 unspecified atom stereocenters. The fourth-order valence-corrected chi connectivity index (χ4v) is 3.17. The van der Waals surface area contributed by atoms with Gasteiger partial charge in [0.25, 0.3) is 0 Å². The lowest BCUT2D eigenvalue weighted by atomic mass is 10.0. The molecule has 1 amide bonds. The van der Waals surface area contributed by atoms with Crippen molar-refractivity contribution in [3.63, 3.8) is 0 Å². The molecule has 1 fully saturated rings. The number of amides is 1. The summed E-state index contributed by atoms with van der Waals surface area (Å²) in [5.74, 6) is -0.117. The number of ether oxygens (including phenoxy) is 2. The van der Waals surface area contributed by atoms with Crippen LogP contribution in [0.5, 0.6) is 0 Å². The van der Waals surface area contributed by atoms with E-state index in [2.05, 4.69) is 5.32 Å². The molecule has 0 saturated heterocycles. The molecule has 4 nitrogen and oxygen atoms in total. The summed E-state index contributed by atoms with van der Waals surface area (Å²) in [5, 5.41) is 3.57. The Morgan fingerprint density at radius 2 is 2.05 bits per heavy atom. The van der Waals surface area contributed by atoms with Crippen LogP contribution in [0, 0.1) is 0 Å². The summed E-state index contributed by atoms with van der Waals surface area (Å²) in [4.78, 5) is 12.0. The number of rotatable bonds is 7. The molecular formula is C17H24ClNO3. The molecule has 22 heavy (non-hydrogen) atoms. The van der Waals surface area contributed by atoms with Gasteiger partial charge in [-0.05, 0) is 25.8 Å². The van der Waals surface area contributed by atoms with E-state index in [-0.39, 0.29) is 30.8 Å². The first-order chi connectivity index (χ1) is 10.6. The summed E-state index contributed by atoms with van der Waals surface area (Å²) >= 11 is 6.21. The Morgan fingerprint density at radius 1 is 1.36 bits per heavy atom. The van der Waals surface area contributed by atoms with E-state index < -0.39 is 0 Å². The lowest BCUT2D eigenvalue weighted by Gasteiger charge is -2.25. The summed E-state index contributed by atoms with van der Waals surface area (Å²) in [5.41, 5.74) is 0.871. The maximum atomic E-state index is 12.0. The average molecular weight is 326 g/mol. The minimum atomic E-state index is -0.288. The fourth-order valence-electron chi connectivity index (χ4n) is 2.93. The first-order valence-electron chi connectivity index (χ1n) is 7.80. The molecular weight excluding hydrogens is 302 g/mol. The standard InChI is InChI=1S/C17H24ClNO3/c1-12(17(21-2)14-9-5-6-10-15(14)18)19-16(20)11-22-13-7-3-4-8-13/h5-6,9-10,12-13,17H,3-4,7-8,11H2,1-2H3,(H,19,20). The highest BCUT2D eigenvalue weighted by Gasteiger charge is 2.23. The number of methoxy groups -OCH3 is 1. The van der Waals surface area contributed by atoms with Gasteiger partial charge in [0.2, 0.25) is 5.91 Å². The van der Waals surface area contributed by atoms with Gasteiger partial charge in [0, 0.05) is 17.7 Å². The second kappa shape index (κ2) is 8.51. The van der Waals surface area contributed by atoms with Crippen molar-refractivity contribution in [2.45, 2.75) is 50.9 Å². The molecule has 2 rings (SSSR count). The van der Waals surface area contributed by atoms with Gasteiger partial charge in [-0.15, -0.1) is 0 Å². The Labute approximate surface area is 137 Å². The zero-order chi connectivity index (χ0) is 15.9. The SMILES string of the molecule is COC(c1ccccc1Cl)C(C)NC(=O)COC1CCCC1. The van der Waals surface area contributed by atoms with Gasteiger partial charge in [0.05, 0.1) is 12.1 Å². The van der Waals surface area contributed by atoms with Crippen LogP contribution < -0.4 is 5.32 Å². The molecule has 1 saturated carbocycles. The van der Waals surface area contributed by atoms with Gasteiger partial charge < -0.3 is 14.8 Å². The van der Waals surface area contributed by atoms with E-state index in [1.807, 2.05) is 31.2 Å². The molecule has 1 N–H and O–H groups in total. The Bertz CT molecular complexity index is 489. The van der Waals surface area contributed by atoms with Crippen LogP contribution in [0.1, 0.15) is 44.3 Å². The van der Waals surface area contributed by atoms with Gasteiger partial charge in [-0.25, -0.2) is 0 Å². The lowest BCUT2D eigenvalue weighted by Crippen LogP contribution is -2.40. The van der Waals surface area contributed by atoms with Crippen LogP contribution in [0.2, 0.25) is 5.02 Å². The molecule has 1 aromatic carbocycles. The van der Waals surface area contributed by atoms with Crippen LogP contribution in [0.15, 0.2) is 24.3 Å². The third kappa shape index (κ3) is 4.70. The Balaban J connectivity index is 1.87. The van der Waals surface area contributed by atoms with E-state index in [9.17, 15) is 4.79 Å². The molecule has 0 bridgehead atoms. The van der Waals surface area contributed by atoms with Gasteiger partial charge in [-0.2, -0.15) is 0 Å². The first-order valence-corrected chi connectivity index (χ1v) is 8.17. The Kier molecular flexibility index (Phi) is 6.68. The number of benzene rings is 1. The number of hydrogen-bond donors (Lipinski definition) is 1. The van der Waals surface area contributed by atoms with Crippen molar-refractivity contribution in [3.05, 3.63) is 34.9 Å². The maximum Gasteiger partial charge on any atom is 0.246 e. The number of halogens is 1. The first kappa shape index (κ1) is 17.3. The van der Waals surface area contributed by atoms with Crippen LogP contribution in [0.4, 0.5) is 0 Å². The molecule has 5 heteroatoms. The molecule has 0 aliphatic heterocycles. The predicted molar refractivity (Wildman–Crippen MR) is 87.0 cm³/mol. The number of nitrogens with one attached hydrogen (secondary N) is 1. The van der Waals surface area contributed by atoms with Crippen molar-refractivity contribution in [2.24, 2.45) is 0 Å². The van der Waals surface area contributed by atoms with Crippen LogP contribution in [-0.2, 0) is 14.3 Å². The molecule has 0 spiro atoms. The van der Waals surface area contributed by atoms with Gasteiger partial charge in [-0.3, -0.25) is 4.79 Å². The molecule has 2 atom stereocenters. The normalized spacial score (nSPS) is 18.1. The van der Waals surface area contributed by atoms with Crippen LogP contribution in [0.25, 0.3) is 0 Å². The molecule has 1 aromatic rings. The molecule has 1 aliphatic rings.